The van der Waals surface area contributed by atoms with Crippen molar-refractivity contribution in [3.8, 4) is 22.9 Å². The number of fused-ring (bicyclic) bond motifs is 1. The van der Waals surface area contributed by atoms with Crippen molar-refractivity contribution in [2.45, 2.75) is 44.3 Å². The smallest absolute Gasteiger partial charge is 0.407 e. The molecular weight excluding hydrogens is 558 g/mol. The number of halogens is 1. The van der Waals surface area contributed by atoms with Gasteiger partial charge in [0.1, 0.15) is 10.6 Å². The number of carboxylic acid groups (broad SMARTS) is 1. The van der Waals surface area contributed by atoms with Crippen molar-refractivity contribution in [2.24, 2.45) is 0 Å². The van der Waals surface area contributed by atoms with E-state index in [0.29, 0.717) is 53.4 Å². The van der Waals surface area contributed by atoms with Crippen LogP contribution in [0.4, 0.5) is 4.79 Å². The molecule has 5 rings (SSSR count). The van der Waals surface area contributed by atoms with Crippen LogP contribution in [-0.2, 0) is 6.54 Å². The van der Waals surface area contributed by atoms with E-state index in [1.54, 1.807) is 20.2 Å². The molecule has 1 saturated carbocycles. The molecule has 0 aliphatic heterocycles. The van der Waals surface area contributed by atoms with E-state index in [2.05, 4.69) is 6.07 Å². The number of thiophene rings is 1. The first-order valence-corrected chi connectivity index (χ1v) is 14.6. The average molecular weight is 588 g/mol. The Morgan fingerprint density at radius 2 is 1.73 bits per heavy atom. The molecule has 0 bridgehead atoms. The van der Waals surface area contributed by atoms with Crippen molar-refractivity contribution >= 4 is 45.0 Å². The molecule has 1 aliphatic rings. The summed E-state index contributed by atoms with van der Waals surface area (Å²) in [7, 11) is 3.21. The lowest BCUT2D eigenvalue weighted by Crippen LogP contribution is -2.46. The van der Waals surface area contributed by atoms with Gasteiger partial charge >= 0.3 is 6.09 Å². The van der Waals surface area contributed by atoms with E-state index in [0.717, 1.165) is 26.8 Å². The number of amides is 2. The summed E-state index contributed by atoms with van der Waals surface area (Å²) in [5, 5.41) is 20.2. The fourth-order valence-corrected chi connectivity index (χ4v) is 7.06. The minimum Gasteiger partial charge on any atom is -0.496 e. The zero-order valence-corrected chi connectivity index (χ0v) is 24.4. The van der Waals surface area contributed by atoms with Crippen LogP contribution in [0.15, 0.2) is 66.7 Å². The van der Waals surface area contributed by atoms with Crippen LogP contribution < -0.4 is 4.74 Å². The number of nitriles is 1. The van der Waals surface area contributed by atoms with Gasteiger partial charge in [-0.15, -0.1) is 11.3 Å². The number of methoxy groups -OCH3 is 1. The second kappa shape index (κ2) is 12.2. The number of ether oxygens (including phenoxy) is 1. The Hall–Kier alpha value is -4.06. The summed E-state index contributed by atoms with van der Waals surface area (Å²) >= 11 is 8.16. The van der Waals surface area contributed by atoms with Crippen molar-refractivity contribution in [2.75, 3.05) is 14.2 Å². The van der Waals surface area contributed by atoms with E-state index >= 15 is 0 Å². The van der Waals surface area contributed by atoms with Crippen LogP contribution in [0.1, 0.15) is 46.5 Å². The summed E-state index contributed by atoms with van der Waals surface area (Å²) in [6.07, 6.45) is 1.72. The quantitative estimate of drug-likeness (QED) is 0.239. The molecule has 2 amide bonds. The highest BCUT2D eigenvalue weighted by Crippen LogP contribution is 2.38. The topological polar surface area (TPSA) is 93.9 Å². The number of benzene rings is 3. The van der Waals surface area contributed by atoms with Crippen LogP contribution in [0.2, 0.25) is 5.02 Å². The first-order valence-electron chi connectivity index (χ1n) is 13.4. The largest absolute Gasteiger partial charge is 0.496 e. The highest BCUT2D eigenvalue weighted by Gasteiger charge is 2.34. The zero-order chi connectivity index (χ0) is 29.1. The van der Waals surface area contributed by atoms with Gasteiger partial charge in [-0.1, -0.05) is 48.0 Å². The molecule has 0 radical (unpaired) electrons. The van der Waals surface area contributed by atoms with E-state index in [1.165, 1.54) is 16.2 Å². The maximum absolute atomic E-state index is 14.3. The molecule has 41 heavy (non-hydrogen) atoms. The van der Waals surface area contributed by atoms with Crippen molar-refractivity contribution < 1.29 is 19.4 Å². The highest BCUT2D eigenvalue weighted by molar-refractivity contribution is 7.21. The van der Waals surface area contributed by atoms with Crippen LogP contribution >= 0.6 is 22.9 Å². The molecule has 4 aromatic rings. The molecule has 0 spiro atoms. The Morgan fingerprint density at radius 3 is 2.41 bits per heavy atom. The lowest BCUT2D eigenvalue weighted by atomic mass is 9.89. The molecule has 1 N–H and O–H groups in total. The van der Waals surface area contributed by atoms with Crippen molar-refractivity contribution in [3.05, 3.63) is 87.8 Å². The molecule has 1 fully saturated rings. The number of carbonyl (C=O) groups is 2. The van der Waals surface area contributed by atoms with E-state index < -0.39 is 6.09 Å². The minimum atomic E-state index is -0.944. The van der Waals surface area contributed by atoms with Crippen LogP contribution in [0, 0.1) is 11.3 Å². The van der Waals surface area contributed by atoms with Crippen LogP contribution in [-0.4, -0.2) is 53.1 Å². The van der Waals surface area contributed by atoms with E-state index in [9.17, 15) is 20.0 Å². The first-order chi connectivity index (χ1) is 19.8. The fourth-order valence-electron chi connectivity index (χ4n) is 5.60. The molecule has 0 unspecified atom stereocenters. The third-order valence-corrected chi connectivity index (χ3v) is 9.56. The van der Waals surface area contributed by atoms with Gasteiger partial charge in [0.05, 0.1) is 23.8 Å². The Morgan fingerprint density at radius 1 is 1.02 bits per heavy atom. The summed E-state index contributed by atoms with van der Waals surface area (Å²) in [4.78, 5) is 29.6. The van der Waals surface area contributed by atoms with Crippen LogP contribution in [0.5, 0.6) is 5.75 Å². The first kappa shape index (κ1) is 28.5. The summed E-state index contributed by atoms with van der Waals surface area (Å²) in [6.45, 7) is 0.294. The number of hydrogen-bond donors (Lipinski definition) is 1. The number of rotatable bonds is 7. The Labute approximate surface area is 248 Å². The molecular formula is C32H30ClN3O4S. The van der Waals surface area contributed by atoms with Gasteiger partial charge in [0, 0.05) is 41.3 Å². The van der Waals surface area contributed by atoms with Gasteiger partial charge in [-0.2, -0.15) is 5.26 Å². The summed E-state index contributed by atoms with van der Waals surface area (Å²) in [6, 6.07) is 23.0. The van der Waals surface area contributed by atoms with Gasteiger partial charge in [-0.05, 0) is 67.1 Å². The molecule has 1 aromatic heterocycles. The van der Waals surface area contributed by atoms with Gasteiger partial charge in [0.15, 0.2) is 0 Å². The number of nitrogens with zero attached hydrogens (tertiary/aromatic N) is 3. The Kier molecular flexibility index (Phi) is 8.48. The van der Waals surface area contributed by atoms with Crippen molar-refractivity contribution in [1.29, 1.82) is 5.26 Å². The van der Waals surface area contributed by atoms with Gasteiger partial charge in [0.2, 0.25) is 0 Å². The lowest BCUT2D eigenvalue weighted by Gasteiger charge is -2.39. The van der Waals surface area contributed by atoms with E-state index in [1.807, 2.05) is 65.6 Å². The zero-order valence-electron chi connectivity index (χ0n) is 22.8. The van der Waals surface area contributed by atoms with Crippen molar-refractivity contribution in [3.63, 3.8) is 0 Å². The fraction of sp³-hybridized carbons (Fsp3) is 0.281. The average Bonchev–Trinajstić information content (AvgIpc) is 3.35. The molecule has 0 atom stereocenters. The molecule has 0 saturated heterocycles. The third kappa shape index (κ3) is 5.88. The normalized spacial score (nSPS) is 16.6. The Bertz CT molecular complexity index is 1640. The second-order valence-electron chi connectivity index (χ2n) is 10.2. The van der Waals surface area contributed by atoms with Crippen molar-refractivity contribution in [1.82, 2.24) is 9.80 Å². The standard InChI is InChI=1S/C32H30ClN3O4S/c1-35(32(38)39)24-11-13-25(14-12-24)36(31(37)30-29(33)26-8-3-4-9-28(26)41-30)19-23-17-22(10-15-27(23)40-2)21-7-5-6-20(16-21)18-34/h3-10,15-17,24-25H,11-14,19H2,1-2H3,(H,38,39). The maximum atomic E-state index is 14.3. The molecule has 210 valence electrons. The predicted octanol–water partition coefficient (Wildman–Crippen LogP) is 7.67. The third-order valence-electron chi connectivity index (χ3n) is 7.89. The molecule has 3 aromatic carbocycles. The summed E-state index contributed by atoms with van der Waals surface area (Å²) < 4.78 is 6.66. The van der Waals surface area contributed by atoms with Gasteiger partial charge < -0.3 is 19.6 Å². The summed E-state index contributed by atoms with van der Waals surface area (Å²) in [5.41, 5.74) is 3.22. The van der Waals surface area contributed by atoms with Gasteiger partial charge in [0.25, 0.3) is 5.91 Å². The SMILES string of the molecule is COc1ccc(-c2cccc(C#N)c2)cc1CN(C(=O)c1sc2ccccc2c1Cl)C1CCC(N(C)C(=O)O)CC1. The summed E-state index contributed by atoms with van der Waals surface area (Å²) in [5.74, 6) is 0.509. The number of carbonyl (C=O) groups excluding carboxylic acids is 1. The predicted molar refractivity (Wildman–Crippen MR) is 162 cm³/mol. The van der Waals surface area contributed by atoms with Crippen LogP contribution in [0.25, 0.3) is 21.2 Å². The van der Waals surface area contributed by atoms with E-state index in [-0.39, 0.29) is 18.0 Å². The maximum Gasteiger partial charge on any atom is 0.407 e. The number of hydrogen-bond acceptors (Lipinski definition) is 5. The molecule has 9 heteroatoms. The highest BCUT2D eigenvalue weighted by atomic mass is 35.5. The van der Waals surface area contributed by atoms with Crippen LogP contribution in [0.3, 0.4) is 0 Å². The van der Waals surface area contributed by atoms with E-state index in [4.69, 9.17) is 16.3 Å². The minimum absolute atomic E-state index is 0.0844. The lowest BCUT2D eigenvalue weighted by molar-refractivity contribution is 0.0555. The van der Waals surface area contributed by atoms with Gasteiger partial charge in [-0.3, -0.25) is 4.79 Å². The second-order valence-corrected chi connectivity index (χ2v) is 11.7. The molecule has 1 aliphatic carbocycles. The monoisotopic (exact) mass is 587 g/mol. The van der Waals surface area contributed by atoms with Gasteiger partial charge in [-0.25, -0.2) is 4.79 Å². The molecule has 7 nitrogen and oxygen atoms in total. The molecule has 1 heterocycles. The Balaban J connectivity index is 1.52.